The molecule has 4 nitrogen and oxygen atoms in total. The van der Waals surface area contributed by atoms with Gasteiger partial charge in [0.2, 0.25) is 0 Å². The van der Waals surface area contributed by atoms with E-state index < -0.39 is 12.0 Å². The molecule has 0 fully saturated rings. The molecule has 2 aromatic carbocycles. The molecule has 4 N–H and O–H groups in total. The molecule has 0 aromatic heterocycles. The second-order valence-corrected chi connectivity index (χ2v) is 5.24. The van der Waals surface area contributed by atoms with E-state index in [0.717, 1.165) is 18.4 Å². The Morgan fingerprint density at radius 3 is 2.62 bits per heavy atom. The van der Waals surface area contributed by atoms with Crippen LogP contribution in [-0.4, -0.2) is 23.7 Å². The summed E-state index contributed by atoms with van der Waals surface area (Å²) in [4.78, 5) is 11.2. The summed E-state index contributed by atoms with van der Waals surface area (Å²) >= 11 is 0. The maximum atomic E-state index is 11.2. The molecule has 0 radical (unpaired) electrons. The van der Waals surface area contributed by atoms with E-state index in [1.807, 2.05) is 18.2 Å². The number of nitrogens with two attached hydrogens (primary N) is 1. The number of hydrogen-bond donors (Lipinski definition) is 3. The van der Waals surface area contributed by atoms with Crippen LogP contribution in [0.1, 0.15) is 24.8 Å². The highest BCUT2D eigenvalue weighted by molar-refractivity contribution is 5.83. The largest absolute Gasteiger partial charge is 0.480 e. The van der Waals surface area contributed by atoms with Gasteiger partial charge in [-0.15, -0.1) is 0 Å². The Morgan fingerprint density at radius 2 is 1.90 bits per heavy atom. The minimum Gasteiger partial charge on any atom is -0.480 e. The molecule has 0 aliphatic heterocycles. The van der Waals surface area contributed by atoms with Crippen molar-refractivity contribution in [2.45, 2.75) is 31.8 Å². The van der Waals surface area contributed by atoms with Gasteiger partial charge in [0.05, 0.1) is 0 Å². The summed E-state index contributed by atoms with van der Waals surface area (Å²) in [5.41, 5.74) is 6.54. The van der Waals surface area contributed by atoms with Crippen LogP contribution in [-0.2, 0) is 11.3 Å². The second kappa shape index (κ2) is 7.76. The highest BCUT2D eigenvalue weighted by Crippen LogP contribution is 2.15. The number of fused-ring (bicyclic) bond motifs is 1. The molecule has 1 atom stereocenters. The Labute approximate surface area is 125 Å². The van der Waals surface area contributed by atoms with Crippen molar-refractivity contribution in [1.29, 1.82) is 0 Å². The van der Waals surface area contributed by atoms with Crippen molar-refractivity contribution in [3.8, 4) is 0 Å². The molecule has 0 aliphatic rings. The molecule has 0 amide bonds. The number of benzene rings is 2. The van der Waals surface area contributed by atoms with Gasteiger partial charge in [0.25, 0.3) is 0 Å². The molecular weight excluding hydrogens is 264 g/mol. The van der Waals surface area contributed by atoms with Gasteiger partial charge < -0.3 is 16.2 Å². The molecular formula is C17H22N2O2. The lowest BCUT2D eigenvalue weighted by Crippen LogP contribution is -2.36. The van der Waals surface area contributed by atoms with Crippen molar-refractivity contribution < 1.29 is 9.90 Å². The molecule has 0 saturated carbocycles. The zero-order chi connectivity index (χ0) is 15.1. The molecule has 4 heteroatoms. The van der Waals surface area contributed by atoms with Gasteiger partial charge >= 0.3 is 5.97 Å². The second-order valence-electron chi connectivity index (χ2n) is 5.24. The summed E-state index contributed by atoms with van der Waals surface area (Å²) in [5.74, 6) is -0.798. The fraction of sp³-hybridized carbons (Fsp3) is 0.353. The lowest BCUT2D eigenvalue weighted by atomic mass is 10.1. The van der Waals surface area contributed by atoms with Crippen LogP contribution in [0.2, 0.25) is 0 Å². The van der Waals surface area contributed by atoms with Gasteiger partial charge in [-0.05, 0) is 41.8 Å². The molecule has 0 bridgehead atoms. The summed E-state index contributed by atoms with van der Waals surface area (Å²) in [6, 6.07) is 13.8. The molecule has 21 heavy (non-hydrogen) atoms. The minimum atomic E-state index is -0.798. The standard InChI is InChI=1S/C17H22N2O2/c18-10-4-3-7-16(17(20)21)19-12-13-8-9-14-5-1-2-6-15(14)11-13/h1-2,5-6,8-9,11,16,19H,3-4,7,10,12,18H2,(H,20,21). The Hall–Kier alpha value is -1.91. The first-order valence-corrected chi connectivity index (χ1v) is 7.34. The molecule has 0 saturated heterocycles. The zero-order valence-corrected chi connectivity index (χ0v) is 12.1. The Morgan fingerprint density at radius 1 is 1.14 bits per heavy atom. The van der Waals surface area contributed by atoms with Crippen LogP contribution in [0.4, 0.5) is 0 Å². The number of carbonyl (C=O) groups is 1. The topological polar surface area (TPSA) is 75.3 Å². The maximum Gasteiger partial charge on any atom is 0.320 e. The normalized spacial score (nSPS) is 12.4. The summed E-state index contributed by atoms with van der Waals surface area (Å²) < 4.78 is 0. The van der Waals surface area contributed by atoms with Crippen molar-refractivity contribution in [3.05, 3.63) is 48.0 Å². The number of carboxylic acid groups (broad SMARTS) is 1. The smallest absolute Gasteiger partial charge is 0.320 e. The van der Waals surface area contributed by atoms with E-state index in [-0.39, 0.29) is 0 Å². The van der Waals surface area contributed by atoms with Gasteiger partial charge in [0.15, 0.2) is 0 Å². The molecule has 0 heterocycles. The van der Waals surface area contributed by atoms with Crippen LogP contribution < -0.4 is 11.1 Å². The van der Waals surface area contributed by atoms with Crippen LogP contribution >= 0.6 is 0 Å². The lowest BCUT2D eigenvalue weighted by Gasteiger charge is -2.14. The van der Waals surface area contributed by atoms with E-state index in [4.69, 9.17) is 5.73 Å². The van der Waals surface area contributed by atoms with E-state index in [2.05, 4.69) is 29.6 Å². The Balaban J connectivity index is 1.96. The number of unbranched alkanes of at least 4 members (excludes halogenated alkanes) is 1. The predicted molar refractivity (Wildman–Crippen MR) is 85.1 cm³/mol. The molecule has 1 unspecified atom stereocenters. The first-order chi connectivity index (χ1) is 10.2. The number of aliphatic carboxylic acids is 1. The molecule has 0 spiro atoms. The van der Waals surface area contributed by atoms with Crippen LogP contribution in [0.15, 0.2) is 42.5 Å². The van der Waals surface area contributed by atoms with Crippen LogP contribution in [0.3, 0.4) is 0 Å². The van der Waals surface area contributed by atoms with E-state index in [1.54, 1.807) is 0 Å². The summed E-state index contributed by atoms with van der Waals surface area (Å²) in [6.45, 7) is 1.17. The SMILES string of the molecule is NCCCCC(NCc1ccc2ccccc2c1)C(=O)O. The predicted octanol–water partition coefficient (Wildman–Crippen LogP) is 2.51. The molecule has 2 rings (SSSR count). The highest BCUT2D eigenvalue weighted by Gasteiger charge is 2.15. The molecule has 112 valence electrons. The van der Waals surface area contributed by atoms with E-state index in [0.29, 0.717) is 19.5 Å². The third-order valence-electron chi connectivity index (χ3n) is 3.61. The van der Waals surface area contributed by atoms with Crippen molar-refractivity contribution >= 4 is 16.7 Å². The Kier molecular flexibility index (Phi) is 5.72. The average Bonchev–Trinajstić information content (AvgIpc) is 2.50. The number of hydrogen-bond acceptors (Lipinski definition) is 3. The highest BCUT2D eigenvalue weighted by atomic mass is 16.4. The van der Waals surface area contributed by atoms with Crippen LogP contribution in [0, 0.1) is 0 Å². The number of rotatable bonds is 8. The fourth-order valence-corrected chi connectivity index (χ4v) is 2.40. The fourth-order valence-electron chi connectivity index (χ4n) is 2.40. The van der Waals surface area contributed by atoms with Gasteiger partial charge in [0, 0.05) is 6.54 Å². The van der Waals surface area contributed by atoms with Crippen LogP contribution in [0.25, 0.3) is 10.8 Å². The van der Waals surface area contributed by atoms with Gasteiger partial charge in [0.1, 0.15) is 6.04 Å². The quantitative estimate of drug-likeness (QED) is 0.652. The van der Waals surface area contributed by atoms with Crippen molar-refractivity contribution in [2.75, 3.05) is 6.54 Å². The van der Waals surface area contributed by atoms with Crippen molar-refractivity contribution in [3.63, 3.8) is 0 Å². The maximum absolute atomic E-state index is 11.2. The van der Waals surface area contributed by atoms with Gasteiger partial charge in [-0.3, -0.25) is 4.79 Å². The van der Waals surface area contributed by atoms with Crippen molar-refractivity contribution in [2.24, 2.45) is 5.73 Å². The summed E-state index contributed by atoms with van der Waals surface area (Å²) in [6.07, 6.45) is 2.31. The third kappa shape index (κ3) is 4.55. The summed E-state index contributed by atoms with van der Waals surface area (Å²) in [7, 11) is 0. The van der Waals surface area contributed by atoms with E-state index in [1.165, 1.54) is 10.8 Å². The first kappa shape index (κ1) is 15.5. The summed E-state index contributed by atoms with van der Waals surface area (Å²) in [5, 5.41) is 14.7. The van der Waals surface area contributed by atoms with Gasteiger partial charge in [-0.2, -0.15) is 0 Å². The first-order valence-electron chi connectivity index (χ1n) is 7.34. The van der Waals surface area contributed by atoms with E-state index in [9.17, 15) is 9.90 Å². The van der Waals surface area contributed by atoms with Gasteiger partial charge in [-0.25, -0.2) is 0 Å². The lowest BCUT2D eigenvalue weighted by molar-refractivity contribution is -0.139. The molecule has 2 aromatic rings. The molecule has 0 aliphatic carbocycles. The van der Waals surface area contributed by atoms with Crippen LogP contribution in [0.5, 0.6) is 0 Å². The zero-order valence-electron chi connectivity index (χ0n) is 12.1. The number of carboxylic acids is 1. The monoisotopic (exact) mass is 286 g/mol. The third-order valence-corrected chi connectivity index (χ3v) is 3.61. The average molecular weight is 286 g/mol. The van der Waals surface area contributed by atoms with Crippen molar-refractivity contribution in [1.82, 2.24) is 5.32 Å². The van der Waals surface area contributed by atoms with E-state index >= 15 is 0 Å². The Bertz CT molecular complexity index is 598. The number of nitrogens with one attached hydrogen (secondary N) is 1. The van der Waals surface area contributed by atoms with Gasteiger partial charge in [-0.1, -0.05) is 42.8 Å². The minimum absolute atomic E-state index is 0.511.